The van der Waals surface area contributed by atoms with Crippen LogP contribution in [-0.2, 0) is 0 Å². The molecule has 0 spiro atoms. The molecule has 1 aliphatic rings. The lowest BCUT2D eigenvalue weighted by Crippen LogP contribution is -2.38. The van der Waals surface area contributed by atoms with Crippen molar-refractivity contribution in [1.29, 1.82) is 0 Å². The van der Waals surface area contributed by atoms with E-state index in [1.54, 1.807) is 24.0 Å². The number of rotatable bonds is 2. The van der Waals surface area contributed by atoms with Gasteiger partial charge in [-0.2, -0.15) is 16.9 Å². The van der Waals surface area contributed by atoms with Crippen LogP contribution < -0.4 is 0 Å². The number of hydrogen-bond donors (Lipinski definition) is 0. The summed E-state index contributed by atoms with van der Waals surface area (Å²) in [6, 6.07) is 5.84. The molecule has 0 radical (unpaired) electrons. The molecule has 7 heteroatoms. The summed E-state index contributed by atoms with van der Waals surface area (Å²) in [7, 11) is 0. The minimum atomic E-state index is -0.328. The van der Waals surface area contributed by atoms with E-state index in [1.165, 1.54) is 16.8 Å². The summed E-state index contributed by atoms with van der Waals surface area (Å²) in [5.41, 5.74) is 1.64. The second-order valence-corrected chi connectivity index (χ2v) is 6.63. The van der Waals surface area contributed by atoms with E-state index in [9.17, 15) is 9.18 Å². The first-order valence-corrected chi connectivity index (χ1v) is 8.49. The molecule has 1 aromatic heterocycles. The highest BCUT2D eigenvalue weighted by atomic mass is 35.5. The lowest BCUT2D eigenvalue weighted by Gasteiger charge is -2.26. The third-order valence-electron chi connectivity index (χ3n) is 3.59. The second kappa shape index (κ2) is 6.30. The van der Waals surface area contributed by atoms with Crippen LogP contribution in [0.4, 0.5) is 4.39 Å². The molecule has 0 aliphatic carbocycles. The van der Waals surface area contributed by atoms with Gasteiger partial charge in [0.2, 0.25) is 0 Å². The van der Waals surface area contributed by atoms with Crippen molar-refractivity contribution in [2.45, 2.75) is 6.92 Å². The van der Waals surface area contributed by atoms with Crippen LogP contribution in [-0.4, -0.2) is 45.2 Å². The maximum absolute atomic E-state index is 13.0. The zero-order valence-corrected chi connectivity index (χ0v) is 13.6. The SMILES string of the molecule is Cc1nn(-c2ccc(F)cc2)c(Cl)c1C(=O)N1CCSCC1. The van der Waals surface area contributed by atoms with E-state index in [4.69, 9.17) is 11.6 Å². The molecule has 1 aromatic carbocycles. The van der Waals surface area contributed by atoms with Gasteiger partial charge in [0.25, 0.3) is 5.91 Å². The summed E-state index contributed by atoms with van der Waals surface area (Å²) in [5, 5.41) is 4.61. The molecule has 0 bridgehead atoms. The molecule has 22 heavy (non-hydrogen) atoms. The number of benzene rings is 1. The number of hydrogen-bond acceptors (Lipinski definition) is 3. The summed E-state index contributed by atoms with van der Waals surface area (Å²) in [5.74, 6) is 1.46. The molecular weight excluding hydrogens is 325 g/mol. The van der Waals surface area contributed by atoms with Crippen LogP contribution in [0.1, 0.15) is 16.1 Å². The number of amides is 1. The van der Waals surface area contributed by atoms with Gasteiger partial charge in [0.05, 0.1) is 16.9 Å². The Hall–Kier alpha value is -1.53. The molecule has 2 heterocycles. The topological polar surface area (TPSA) is 38.1 Å². The summed E-state index contributed by atoms with van der Waals surface area (Å²) < 4.78 is 14.5. The van der Waals surface area contributed by atoms with Gasteiger partial charge in [0, 0.05) is 24.6 Å². The van der Waals surface area contributed by atoms with E-state index >= 15 is 0 Å². The smallest absolute Gasteiger partial charge is 0.258 e. The number of thioether (sulfide) groups is 1. The van der Waals surface area contributed by atoms with Crippen LogP contribution in [0.15, 0.2) is 24.3 Å². The Morgan fingerprint density at radius 3 is 2.55 bits per heavy atom. The average molecular weight is 340 g/mol. The first-order chi connectivity index (χ1) is 10.6. The van der Waals surface area contributed by atoms with Gasteiger partial charge < -0.3 is 4.90 Å². The van der Waals surface area contributed by atoms with Gasteiger partial charge in [0.1, 0.15) is 11.0 Å². The number of aromatic nitrogens is 2. The van der Waals surface area contributed by atoms with Gasteiger partial charge in [-0.1, -0.05) is 11.6 Å². The molecule has 1 saturated heterocycles. The minimum Gasteiger partial charge on any atom is -0.337 e. The molecule has 0 N–H and O–H groups in total. The van der Waals surface area contributed by atoms with Crippen LogP contribution in [0, 0.1) is 12.7 Å². The highest BCUT2D eigenvalue weighted by Crippen LogP contribution is 2.26. The van der Waals surface area contributed by atoms with Gasteiger partial charge in [-0.25, -0.2) is 9.07 Å². The molecule has 0 atom stereocenters. The molecule has 0 saturated carbocycles. The number of aryl methyl sites for hydroxylation is 1. The lowest BCUT2D eigenvalue weighted by atomic mass is 10.2. The fourth-order valence-electron chi connectivity index (χ4n) is 2.42. The number of carbonyl (C=O) groups is 1. The zero-order chi connectivity index (χ0) is 15.7. The summed E-state index contributed by atoms with van der Waals surface area (Å²) in [4.78, 5) is 14.5. The van der Waals surface area contributed by atoms with E-state index in [1.807, 2.05) is 11.8 Å². The monoisotopic (exact) mass is 339 g/mol. The molecule has 3 rings (SSSR count). The van der Waals surface area contributed by atoms with E-state index < -0.39 is 0 Å². The molecule has 0 unspecified atom stereocenters. The van der Waals surface area contributed by atoms with Crippen LogP contribution in [0.5, 0.6) is 0 Å². The van der Waals surface area contributed by atoms with Crippen LogP contribution in [0.25, 0.3) is 5.69 Å². The lowest BCUT2D eigenvalue weighted by molar-refractivity contribution is 0.0772. The predicted molar refractivity (Wildman–Crippen MR) is 86.5 cm³/mol. The maximum Gasteiger partial charge on any atom is 0.258 e. The van der Waals surface area contributed by atoms with Crippen LogP contribution >= 0.6 is 23.4 Å². The number of halogens is 2. The van der Waals surface area contributed by atoms with E-state index in [2.05, 4.69) is 5.10 Å². The molecule has 1 amide bonds. The molecule has 2 aromatic rings. The van der Waals surface area contributed by atoms with Crippen molar-refractivity contribution in [3.63, 3.8) is 0 Å². The maximum atomic E-state index is 13.0. The Morgan fingerprint density at radius 2 is 1.91 bits per heavy atom. The van der Waals surface area contributed by atoms with Gasteiger partial charge in [0.15, 0.2) is 0 Å². The first kappa shape index (κ1) is 15.4. The number of nitrogens with zero attached hydrogens (tertiary/aromatic N) is 3. The summed E-state index contributed by atoms with van der Waals surface area (Å²) >= 11 is 8.21. The second-order valence-electron chi connectivity index (χ2n) is 5.04. The molecule has 4 nitrogen and oxygen atoms in total. The largest absolute Gasteiger partial charge is 0.337 e. The average Bonchev–Trinajstić information content (AvgIpc) is 2.83. The normalized spacial score (nSPS) is 15.1. The summed E-state index contributed by atoms with van der Waals surface area (Å²) in [6.45, 7) is 3.21. The fourth-order valence-corrected chi connectivity index (χ4v) is 3.68. The Balaban J connectivity index is 1.96. The number of carbonyl (C=O) groups excluding carboxylic acids is 1. The van der Waals surface area contributed by atoms with Crippen molar-refractivity contribution in [3.8, 4) is 5.69 Å². The Morgan fingerprint density at radius 1 is 1.27 bits per heavy atom. The van der Waals surface area contributed by atoms with Crippen molar-refractivity contribution < 1.29 is 9.18 Å². The minimum absolute atomic E-state index is 0.0869. The van der Waals surface area contributed by atoms with Crippen LogP contribution in [0.3, 0.4) is 0 Å². The highest BCUT2D eigenvalue weighted by Gasteiger charge is 2.26. The van der Waals surface area contributed by atoms with Crippen LogP contribution in [0.2, 0.25) is 5.15 Å². The molecule has 116 valence electrons. The predicted octanol–water partition coefficient (Wildman–Crippen LogP) is 3.16. The highest BCUT2D eigenvalue weighted by molar-refractivity contribution is 7.99. The van der Waals surface area contributed by atoms with Gasteiger partial charge in [-0.3, -0.25) is 4.79 Å². The van der Waals surface area contributed by atoms with Gasteiger partial charge >= 0.3 is 0 Å². The third-order valence-corrected chi connectivity index (χ3v) is 4.88. The van der Waals surface area contributed by atoms with Crippen molar-refractivity contribution >= 4 is 29.3 Å². The Kier molecular flexibility index (Phi) is 4.40. The molecular formula is C15H15ClFN3OS. The summed E-state index contributed by atoms with van der Waals surface area (Å²) in [6.07, 6.45) is 0. The van der Waals surface area contributed by atoms with E-state index in [-0.39, 0.29) is 16.9 Å². The van der Waals surface area contributed by atoms with Gasteiger partial charge in [-0.05, 0) is 31.2 Å². The van der Waals surface area contributed by atoms with Crippen molar-refractivity contribution in [2.75, 3.05) is 24.6 Å². The van der Waals surface area contributed by atoms with Crippen molar-refractivity contribution in [1.82, 2.24) is 14.7 Å². The quantitative estimate of drug-likeness (QED) is 0.843. The van der Waals surface area contributed by atoms with E-state index in [0.717, 1.165) is 24.6 Å². The van der Waals surface area contributed by atoms with Gasteiger partial charge in [-0.15, -0.1) is 0 Å². The standard InChI is InChI=1S/C15H15ClFN3OS/c1-10-13(15(21)19-6-8-22-9-7-19)14(16)20(18-10)12-4-2-11(17)3-5-12/h2-5H,6-9H2,1H3. The van der Waals surface area contributed by atoms with Crippen molar-refractivity contribution in [2.24, 2.45) is 0 Å². The Bertz CT molecular complexity index is 696. The zero-order valence-electron chi connectivity index (χ0n) is 12.1. The third kappa shape index (κ3) is 2.85. The molecule has 1 aliphatic heterocycles. The first-order valence-electron chi connectivity index (χ1n) is 6.96. The van der Waals surface area contributed by atoms with Crippen molar-refractivity contribution in [3.05, 3.63) is 46.5 Å². The van der Waals surface area contributed by atoms with E-state index in [0.29, 0.717) is 16.9 Å². The Labute approximate surface area is 137 Å². The molecule has 1 fully saturated rings. The fraction of sp³-hybridized carbons (Fsp3) is 0.333.